The molecular formula is C43H32F6. The number of halogens is 6. The molecule has 0 saturated carbocycles. The van der Waals surface area contributed by atoms with E-state index in [1.54, 1.807) is 48.5 Å². The molecule has 6 aromatic carbocycles. The van der Waals surface area contributed by atoms with Gasteiger partial charge in [-0.25, -0.2) is 0 Å². The van der Waals surface area contributed by atoms with Crippen molar-refractivity contribution in [1.82, 2.24) is 0 Å². The van der Waals surface area contributed by atoms with Crippen molar-refractivity contribution in [3.63, 3.8) is 0 Å². The summed E-state index contributed by atoms with van der Waals surface area (Å²) >= 11 is 0. The minimum absolute atomic E-state index is 0.193. The molecule has 0 bridgehead atoms. The lowest BCUT2D eigenvalue weighted by Crippen LogP contribution is -2.18. The van der Waals surface area contributed by atoms with E-state index >= 15 is 0 Å². The van der Waals surface area contributed by atoms with Crippen molar-refractivity contribution in [2.75, 3.05) is 0 Å². The van der Waals surface area contributed by atoms with Gasteiger partial charge in [0.2, 0.25) is 0 Å². The molecule has 0 unspecified atom stereocenters. The summed E-state index contributed by atoms with van der Waals surface area (Å²) in [5.74, 6) is 0. The Morgan fingerprint density at radius 2 is 0.653 bits per heavy atom. The van der Waals surface area contributed by atoms with E-state index in [0.717, 1.165) is 55.6 Å². The zero-order valence-electron chi connectivity index (χ0n) is 27.9. The number of benzene rings is 6. The van der Waals surface area contributed by atoms with E-state index in [1.807, 2.05) is 27.7 Å². The van der Waals surface area contributed by atoms with Crippen molar-refractivity contribution >= 4 is 21.5 Å². The van der Waals surface area contributed by atoms with E-state index in [2.05, 4.69) is 38.1 Å². The number of alkyl halides is 6. The molecule has 0 amide bonds. The van der Waals surface area contributed by atoms with Crippen LogP contribution in [0.25, 0.3) is 54.9 Å². The summed E-state index contributed by atoms with van der Waals surface area (Å²) in [6, 6.07) is 25.0. The molecule has 0 nitrogen and oxygen atoms in total. The molecule has 0 radical (unpaired) electrons. The smallest absolute Gasteiger partial charge is 0.166 e. The molecular weight excluding hydrogens is 630 g/mol. The highest BCUT2D eigenvalue weighted by molar-refractivity contribution is 6.07. The summed E-state index contributed by atoms with van der Waals surface area (Å²) in [5, 5.41) is 1.57. The van der Waals surface area contributed by atoms with E-state index < -0.39 is 39.7 Å². The van der Waals surface area contributed by atoms with Gasteiger partial charge in [0.25, 0.3) is 0 Å². The fourth-order valence-electron chi connectivity index (χ4n) is 9.35. The van der Waals surface area contributed by atoms with Crippen molar-refractivity contribution in [2.45, 2.75) is 70.1 Å². The molecule has 246 valence electrons. The number of fused-ring (bicyclic) bond motifs is 13. The maximum atomic E-state index is 14.4. The predicted octanol–water partition coefficient (Wildman–Crippen LogP) is 12.9. The summed E-state index contributed by atoms with van der Waals surface area (Å²) in [4.78, 5) is 0. The minimum atomic E-state index is -4.50. The standard InChI is InChI=1S/C43H32F6/c1-39(2)29-17-27-31(40(3,4)35-19-33(42(44,45)46)21-11-7-9-13-23(21)37(27)35)15-25(29)26-16-32-28(18-30(26)39)38-24-14-10-8-12-22(24)34(43(47,48)49)20-36(38)41(32,5)6/h7-20H,1-6H3. The van der Waals surface area contributed by atoms with Crippen molar-refractivity contribution < 1.29 is 26.3 Å². The van der Waals surface area contributed by atoms with E-state index in [1.165, 1.54) is 12.1 Å². The predicted molar refractivity (Wildman–Crippen MR) is 184 cm³/mol. The lowest BCUT2D eigenvalue weighted by atomic mass is 9.78. The highest BCUT2D eigenvalue weighted by Crippen LogP contribution is 2.61. The minimum Gasteiger partial charge on any atom is -0.166 e. The first-order chi connectivity index (χ1) is 22.8. The number of hydrogen-bond acceptors (Lipinski definition) is 0. The largest absolute Gasteiger partial charge is 0.417 e. The van der Waals surface area contributed by atoms with Crippen molar-refractivity contribution in [3.05, 3.63) is 129 Å². The summed E-state index contributed by atoms with van der Waals surface area (Å²) < 4.78 is 86.4. The van der Waals surface area contributed by atoms with Gasteiger partial charge in [-0.3, -0.25) is 0 Å². The van der Waals surface area contributed by atoms with E-state index in [-0.39, 0.29) is 10.8 Å². The van der Waals surface area contributed by atoms with Gasteiger partial charge in [-0.2, -0.15) is 26.3 Å². The van der Waals surface area contributed by atoms with Gasteiger partial charge in [-0.05, 0) is 125 Å². The van der Waals surface area contributed by atoms with Gasteiger partial charge >= 0.3 is 12.4 Å². The molecule has 0 spiro atoms. The van der Waals surface area contributed by atoms with Crippen molar-refractivity contribution in [1.29, 1.82) is 0 Å². The third-order valence-corrected chi connectivity index (χ3v) is 11.9. The second-order valence-electron chi connectivity index (χ2n) is 15.5. The van der Waals surface area contributed by atoms with Crippen LogP contribution in [-0.2, 0) is 28.6 Å². The van der Waals surface area contributed by atoms with Gasteiger partial charge < -0.3 is 0 Å². The van der Waals surface area contributed by atoms with Crippen LogP contribution in [0.2, 0.25) is 0 Å². The lowest BCUT2D eigenvalue weighted by Gasteiger charge is -2.25. The fraction of sp³-hybridized carbons (Fsp3) is 0.256. The second-order valence-corrected chi connectivity index (χ2v) is 15.5. The van der Waals surface area contributed by atoms with Gasteiger partial charge in [0, 0.05) is 16.2 Å². The molecule has 3 aliphatic rings. The van der Waals surface area contributed by atoms with Crippen molar-refractivity contribution in [3.8, 4) is 33.4 Å². The molecule has 6 aromatic rings. The van der Waals surface area contributed by atoms with Crippen LogP contribution in [0.5, 0.6) is 0 Å². The Labute approximate surface area is 280 Å². The Bertz CT molecular complexity index is 2310. The fourth-order valence-corrected chi connectivity index (χ4v) is 9.35. The molecule has 0 N–H and O–H groups in total. The third kappa shape index (κ3) is 3.72. The summed E-state index contributed by atoms with van der Waals surface area (Å²) in [5.41, 5.74) is 7.97. The van der Waals surface area contributed by atoms with Gasteiger partial charge in [-0.15, -0.1) is 0 Å². The average Bonchev–Trinajstić information content (AvgIpc) is 3.50. The first-order valence-electron chi connectivity index (χ1n) is 16.5. The van der Waals surface area contributed by atoms with Gasteiger partial charge in [0.1, 0.15) is 0 Å². The zero-order chi connectivity index (χ0) is 34.8. The second kappa shape index (κ2) is 8.95. The van der Waals surface area contributed by atoms with E-state index in [0.29, 0.717) is 21.9 Å². The Morgan fingerprint density at radius 3 is 1.00 bits per heavy atom. The quantitative estimate of drug-likeness (QED) is 0.142. The van der Waals surface area contributed by atoms with Crippen LogP contribution in [0.1, 0.15) is 86.1 Å². The Kier molecular flexibility index (Phi) is 5.57. The molecule has 9 rings (SSSR count). The maximum absolute atomic E-state index is 14.4. The van der Waals surface area contributed by atoms with Crippen molar-refractivity contribution in [2.24, 2.45) is 0 Å². The van der Waals surface area contributed by atoms with Crippen LogP contribution in [-0.4, -0.2) is 0 Å². The normalized spacial score (nSPS) is 17.5. The molecule has 6 heteroatoms. The van der Waals surface area contributed by atoms with Gasteiger partial charge in [0.05, 0.1) is 11.1 Å². The first kappa shape index (κ1) is 30.5. The topological polar surface area (TPSA) is 0 Å². The van der Waals surface area contributed by atoms with Gasteiger partial charge in [0.15, 0.2) is 0 Å². The Balaban J connectivity index is 1.30. The lowest BCUT2D eigenvalue weighted by molar-refractivity contribution is -0.137. The maximum Gasteiger partial charge on any atom is 0.417 e. The average molecular weight is 663 g/mol. The first-order valence-corrected chi connectivity index (χ1v) is 16.5. The Morgan fingerprint density at radius 1 is 0.367 bits per heavy atom. The monoisotopic (exact) mass is 662 g/mol. The third-order valence-electron chi connectivity index (χ3n) is 11.9. The van der Waals surface area contributed by atoms with Crippen LogP contribution < -0.4 is 0 Å². The van der Waals surface area contributed by atoms with Crippen LogP contribution in [0.15, 0.2) is 84.9 Å². The summed E-state index contributed by atoms with van der Waals surface area (Å²) in [7, 11) is 0. The van der Waals surface area contributed by atoms with Crippen LogP contribution in [0.3, 0.4) is 0 Å². The number of hydrogen-bond donors (Lipinski definition) is 0. The Hall–Kier alpha value is -4.58. The van der Waals surface area contributed by atoms with Gasteiger partial charge in [-0.1, -0.05) is 90.1 Å². The SMILES string of the molecule is CC1(C)c2cc3c(cc2-c2cc4c(cc21)-c1c(cc(C(F)(F)F)c2ccccc12)C4(C)C)C(C)(C)c1cc(C(F)(F)F)c2ccccc2c1-3. The molecule has 0 fully saturated rings. The molecule has 3 aliphatic carbocycles. The number of rotatable bonds is 0. The highest BCUT2D eigenvalue weighted by atomic mass is 19.4. The molecule has 0 aromatic heterocycles. The van der Waals surface area contributed by atoms with E-state index in [4.69, 9.17) is 0 Å². The van der Waals surface area contributed by atoms with Crippen LogP contribution in [0.4, 0.5) is 26.3 Å². The molecule has 0 aliphatic heterocycles. The highest BCUT2D eigenvalue weighted by Gasteiger charge is 2.47. The molecule has 0 saturated heterocycles. The van der Waals surface area contributed by atoms with Crippen LogP contribution in [0, 0.1) is 0 Å². The molecule has 49 heavy (non-hydrogen) atoms. The van der Waals surface area contributed by atoms with E-state index in [9.17, 15) is 26.3 Å². The van der Waals surface area contributed by atoms with Crippen LogP contribution >= 0.6 is 0 Å². The summed E-state index contributed by atoms with van der Waals surface area (Å²) in [6.07, 6.45) is -9.00. The molecule has 0 heterocycles. The zero-order valence-corrected chi connectivity index (χ0v) is 27.9. The summed E-state index contributed by atoms with van der Waals surface area (Å²) in [6.45, 7) is 12.3. The molecule has 0 atom stereocenters.